The minimum absolute atomic E-state index is 0.0620. The topological polar surface area (TPSA) is 70.6 Å². The molecule has 6 nitrogen and oxygen atoms in total. The zero-order chi connectivity index (χ0) is 20.1. The van der Waals surface area contributed by atoms with E-state index in [2.05, 4.69) is 4.98 Å². The van der Waals surface area contributed by atoms with Gasteiger partial charge in [0.1, 0.15) is 0 Å². The summed E-state index contributed by atoms with van der Waals surface area (Å²) >= 11 is 0. The molecule has 0 saturated heterocycles. The summed E-state index contributed by atoms with van der Waals surface area (Å²) in [4.78, 5) is 18.5. The maximum Gasteiger partial charge on any atom is 0.232 e. The van der Waals surface area contributed by atoms with Crippen LogP contribution in [0.3, 0.4) is 0 Å². The van der Waals surface area contributed by atoms with Gasteiger partial charge in [-0.3, -0.25) is 14.1 Å². The SMILES string of the molecule is CN(Cc1ccccc1)C(=O)CCN(c1cccc2cccnc12)S(C)(=O)=O. The summed E-state index contributed by atoms with van der Waals surface area (Å²) in [6, 6.07) is 18.7. The third-order valence-corrected chi connectivity index (χ3v) is 5.68. The van der Waals surface area contributed by atoms with E-state index in [-0.39, 0.29) is 18.9 Å². The van der Waals surface area contributed by atoms with E-state index in [1.807, 2.05) is 42.5 Å². The smallest absolute Gasteiger partial charge is 0.232 e. The summed E-state index contributed by atoms with van der Waals surface area (Å²) in [5.41, 5.74) is 2.11. The van der Waals surface area contributed by atoms with Crippen molar-refractivity contribution < 1.29 is 13.2 Å². The third-order valence-electron chi connectivity index (χ3n) is 4.50. The molecule has 0 unspecified atom stereocenters. The van der Waals surface area contributed by atoms with Crippen LogP contribution in [-0.4, -0.2) is 44.1 Å². The number of hydrogen-bond acceptors (Lipinski definition) is 4. The standard InChI is InChI=1S/C21H23N3O3S/c1-23(16-17-8-4-3-5-9-17)20(25)13-15-24(28(2,26)27)19-12-6-10-18-11-7-14-22-21(18)19/h3-12,14H,13,15-16H2,1-2H3. The molecule has 7 heteroatoms. The van der Waals surface area contributed by atoms with Gasteiger partial charge in [-0.2, -0.15) is 0 Å². The average Bonchev–Trinajstić information content (AvgIpc) is 2.68. The molecule has 0 bridgehead atoms. The average molecular weight is 398 g/mol. The van der Waals surface area contributed by atoms with Gasteiger partial charge in [-0.1, -0.05) is 48.5 Å². The molecule has 2 aromatic carbocycles. The van der Waals surface area contributed by atoms with Gasteiger partial charge >= 0.3 is 0 Å². The van der Waals surface area contributed by atoms with Gasteiger partial charge in [-0.05, 0) is 17.7 Å². The summed E-state index contributed by atoms with van der Waals surface area (Å²) in [6.07, 6.45) is 2.86. The fourth-order valence-electron chi connectivity index (χ4n) is 3.09. The highest BCUT2D eigenvalue weighted by molar-refractivity contribution is 7.92. The number of rotatable bonds is 7. The van der Waals surface area contributed by atoms with Gasteiger partial charge in [0.05, 0.1) is 17.5 Å². The number of hydrogen-bond donors (Lipinski definition) is 0. The van der Waals surface area contributed by atoms with Crippen molar-refractivity contribution >= 4 is 32.5 Å². The second-order valence-electron chi connectivity index (χ2n) is 6.67. The molecular weight excluding hydrogens is 374 g/mol. The Morgan fingerprint density at radius 1 is 1.00 bits per heavy atom. The van der Waals surface area contributed by atoms with Gasteiger partial charge in [0.2, 0.25) is 15.9 Å². The Morgan fingerprint density at radius 3 is 2.43 bits per heavy atom. The van der Waals surface area contributed by atoms with Gasteiger partial charge < -0.3 is 4.90 Å². The number of sulfonamides is 1. The Balaban J connectivity index is 1.78. The molecule has 0 atom stereocenters. The number of anilines is 1. The highest BCUT2D eigenvalue weighted by atomic mass is 32.2. The summed E-state index contributed by atoms with van der Waals surface area (Å²) in [7, 11) is -1.85. The molecule has 3 aromatic rings. The number of carbonyl (C=O) groups excluding carboxylic acids is 1. The number of fused-ring (bicyclic) bond motifs is 1. The highest BCUT2D eigenvalue weighted by Gasteiger charge is 2.22. The van der Waals surface area contributed by atoms with Crippen molar-refractivity contribution in [1.82, 2.24) is 9.88 Å². The summed E-state index contributed by atoms with van der Waals surface area (Å²) in [6.45, 7) is 0.543. The van der Waals surface area contributed by atoms with Crippen LogP contribution in [0.25, 0.3) is 10.9 Å². The molecule has 0 radical (unpaired) electrons. The molecule has 0 fully saturated rings. The Bertz CT molecular complexity index is 1060. The van der Waals surface area contributed by atoms with E-state index in [1.165, 1.54) is 4.31 Å². The molecule has 0 aliphatic carbocycles. The van der Waals surface area contributed by atoms with Crippen LogP contribution >= 0.6 is 0 Å². The number of amides is 1. The van der Waals surface area contributed by atoms with E-state index in [4.69, 9.17) is 0 Å². The van der Waals surface area contributed by atoms with E-state index in [9.17, 15) is 13.2 Å². The van der Waals surface area contributed by atoms with Crippen LogP contribution in [0.4, 0.5) is 5.69 Å². The number of benzene rings is 2. The third kappa shape index (κ3) is 4.67. The van der Waals surface area contributed by atoms with Crippen LogP contribution in [0.1, 0.15) is 12.0 Å². The Labute approximate surface area is 165 Å². The molecular formula is C21H23N3O3S. The number of pyridine rings is 1. The first-order valence-corrected chi connectivity index (χ1v) is 10.8. The largest absolute Gasteiger partial charge is 0.341 e. The normalized spacial score (nSPS) is 11.4. The van der Waals surface area contributed by atoms with E-state index in [1.54, 1.807) is 36.3 Å². The molecule has 0 saturated carbocycles. The molecule has 3 rings (SSSR count). The van der Waals surface area contributed by atoms with Crippen molar-refractivity contribution in [3.8, 4) is 0 Å². The van der Waals surface area contributed by atoms with Gasteiger partial charge in [-0.25, -0.2) is 8.42 Å². The molecule has 0 spiro atoms. The Morgan fingerprint density at radius 2 is 1.71 bits per heavy atom. The zero-order valence-electron chi connectivity index (χ0n) is 15.9. The minimum Gasteiger partial charge on any atom is -0.341 e. The summed E-state index contributed by atoms with van der Waals surface area (Å²) < 4.78 is 26.1. The predicted molar refractivity (Wildman–Crippen MR) is 111 cm³/mol. The predicted octanol–water partition coefficient (Wildman–Crippen LogP) is 3.05. The van der Waals surface area contributed by atoms with Crippen molar-refractivity contribution in [3.63, 3.8) is 0 Å². The van der Waals surface area contributed by atoms with Crippen molar-refractivity contribution in [2.75, 3.05) is 24.2 Å². The maximum atomic E-state index is 12.6. The monoisotopic (exact) mass is 397 g/mol. The van der Waals surface area contributed by atoms with Crippen LogP contribution in [0.5, 0.6) is 0 Å². The molecule has 0 N–H and O–H groups in total. The van der Waals surface area contributed by atoms with Gasteiger partial charge in [0, 0.05) is 38.1 Å². The van der Waals surface area contributed by atoms with E-state index >= 15 is 0 Å². The molecule has 28 heavy (non-hydrogen) atoms. The first-order valence-electron chi connectivity index (χ1n) is 8.95. The lowest BCUT2D eigenvalue weighted by Gasteiger charge is -2.24. The molecule has 146 valence electrons. The quantitative estimate of drug-likeness (QED) is 0.614. The Hall–Kier alpha value is -2.93. The van der Waals surface area contributed by atoms with Crippen molar-refractivity contribution in [2.24, 2.45) is 0 Å². The van der Waals surface area contributed by atoms with Crippen LogP contribution in [-0.2, 0) is 21.4 Å². The van der Waals surface area contributed by atoms with Crippen molar-refractivity contribution in [1.29, 1.82) is 0 Å². The number of para-hydroxylation sites is 1. The van der Waals surface area contributed by atoms with Crippen LogP contribution < -0.4 is 4.31 Å². The van der Waals surface area contributed by atoms with Crippen LogP contribution in [0.15, 0.2) is 66.9 Å². The lowest BCUT2D eigenvalue weighted by Crippen LogP contribution is -2.35. The van der Waals surface area contributed by atoms with Crippen molar-refractivity contribution in [2.45, 2.75) is 13.0 Å². The van der Waals surface area contributed by atoms with Crippen LogP contribution in [0.2, 0.25) is 0 Å². The second-order valence-corrected chi connectivity index (χ2v) is 8.58. The van der Waals surface area contributed by atoms with E-state index in [0.717, 1.165) is 17.2 Å². The Kier molecular flexibility index (Phi) is 5.94. The number of carbonyl (C=O) groups is 1. The van der Waals surface area contributed by atoms with Crippen LogP contribution in [0, 0.1) is 0 Å². The lowest BCUT2D eigenvalue weighted by molar-refractivity contribution is -0.130. The molecule has 1 aromatic heterocycles. The van der Waals surface area contributed by atoms with E-state index in [0.29, 0.717) is 17.7 Å². The summed E-state index contributed by atoms with van der Waals surface area (Å²) in [5, 5.41) is 0.848. The molecule has 0 aliphatic rings. The number of nitrogens with zero attached hydrogens (tertiary/aromatic N) is 3. The first kappa shape index (κ1) is 19.8. The second kappa shape index (κ2) is 8.39. The summed E-state index contributed by atoms with van der Waals surface area (Å²) in [5.74, 6) is -0.120. The highest BCUT2D eigenvalue weighted by Crippen LogP contribution is 2.26. The maximum absolute atomic E-state index is 12.6. The lowest BCUT2D eigenvalue weighted by atomic mass is 10.2. The van der Waals surface area contributed by atoms with E-state index < -0.39 is 10.0 Å². The fourth-order valence-corrected chi connectivity index (χ4v) is 4.02. The first-order chi connectivity index (χ1) is 13.4. The molecule has 1 heterocycles. The van der Waals surface area contributed by atoms with Gasteiger partial charge in [0.15, 0.2) is 0 Å². The minimum atomic E-state index is -3.57. The zero-order valence-corrected chi connectivity index (χ0v) is 16.8. The molecule has 0 aliphatic heterocycles. The number of aromatic nitrogens is 1. The molecule has 1 amide bonds. The van der Waals surface area contributed by atoms with Crippen molar-refractivity contribution in [3.05, 3.63) is 72.4 Å². The van der Waals surface area contributed by atoms with Gasteiger partial charge in [-0.15, -0.1) is 0 Å². The van der Waals surface area contributed by atoms with Gasteiger partial charge in [0.25, 0.3) is 0 Å². The fraction of sp³-hybridized carbons (Fsp3) is 0.238.